The molecule has 2 heterocycles. The third kappa shape index (κ3) is 3.44. The van der Waals surface area contributed by atoms with E-state index < -0.39 is 0 Å². The lowest BCUT2D eigenvalue weighted by Crippen LogP contribution is -2.36. The fraction of sp³-hybridized carbons (Fsp3) is 0.308. The molecule has 160 valence electrons. The van der Waals surface area contributed by atoms with Crippen LogP contribution in [-0.4, -0.2) is 13.7 Å². The van der Waals surface area contributed by atoms with Crippen LogP contribution in [0.15, 0.2) is 58.3 Å². The number of benzene rings is 2. The molecule has 0 fully saturated rings. The van der Waals surface area contributed by atoms with Crippen LogP contribution in [0.5, 0.6) is 0 Å². The first-order valence-electron chi connectivity index (χ1n) is 10.5. The van der Waals surface area contributed by atoms with E-state index in [-0.39, 0.29) is 16.7 Å². The molecule has 31 heavy (non-hydrogen) atoms. The maximum Gasteiger partial charge on any atom is 0.330 e. The van der Waals surface area contributed by atoms with Gasteiger partial charge < -0.3 is 4.57 Å². The standard InChI is InChI=1S/C26H29N3O2/c1-16-12-17(2)14-20(13-16)29-15-21-22(24(30)28(7)25(31)27(21)6)23(29)18-8-10-19(11-9-18)26(3,4)5/h8-15H,1-7H3. The minimum Gasteiger partial charge on any atom is -0.314 e. The lowest BCUT2D eigenvalue weighted by molar-refractivity contribution is 0.590. The first-order chi connectivity index (χ1) is 14.5. The van der Waals surface area contributed by atoms with Crippen molar-refractivity contribution in [2.75, 3.05) is 0 Å². The fourth-order valence-electron chi connectivity index (χ4n) is 4.25. The highest BCUT2D eigenvalue weighted by Gasteiger charge is 2.21. The first kappa shape index (κ1) is 20.9. The Bertz CT molecular complexity index is 1410. The van der Waals surface area contributed by atoms with E-state index in [0.717, 1.165) is 28.1 Å². The average molecular weight is 416 g/mol. The molecule has 4 rings (SSSR count). The van der Waals surface area contributed by atoms with Gasteiger partial charge in [-0.25, -0.2) is 4.79 Å². The van der Waals surface area contributed by atoms with Crippen LogP contribution < -0.4 is 11.2 Å². The molecule has 4 aromatic rings. The first-order valence-corrected chi connectivity index (χ1v) is 10.5. The number of fused-ring (bicyclic) bond motifs is 1. The largest absolute Gasteiger partial charge is 0.330 e. The molecule has 0 spiro atoms. The number of hydrogen-bond donors (Lipinski definition) is 0. The molecule has 5 heteroatoms. The summed E-state index contributed by atoms with van der Waals surface area (Å²) < 4.78 is 4.77. The molecular weight excluding hydrogens is 386 g/mol. The van der Waals surface area contributed by atoms with Crippen molar-refractivity contribution in [1.82, 2.24) is 13.7 Å². The van der Waals surface area contributed by atoms with Gasteiger partial charge in [-0.3, -0.25) is 13.9 Å². The molecule has 0 saturated carbocycles. The zero-order valence-electron chi connectivity index (χ0n) is 19.3. The van der Waals surface area contributed by atoms with Gasteiger partial charge >= 0.3 is 5.69 Å². The molecule has 5 nitrogen and oxygen atoms in total. The van der Waals surface area contributed by atoms with E-state index in [2.05, 4.69) is 77.1 Å². The second kappa shape index (κ2) is 7.12. The minimum atomic E-state index is -0.329. The van der Waals surface area contributed by atoms with E-state index in [9.17, 15) is 9.59 Å². The Hall–Kier alpha value is -3.34. The summed E-state index contributed by atoms with van der Waals surface area (Å²) in [6.07, 6.45) is 1.90. The predicted molar refractivity (Wildman–Crippen MR) is 127 cm³/mol. The molecule has 0 aliphatic rings. The van der Waals surface area contributed by atoms with Crippen LogP contribution in [0.2, 0.25) is 0 Å². The zero-order valence-corrected chi connectivity index (χ0v) is 19.3. The second-order valence-corrected chi connectivity index (χ2v) is 9.49. The topological polar surface area (TPSA) is 48.9 Å². The van der Waals surface area contributed by atoms with E-state index in [4.69, 9.17) is 0 Å². The Morgan fingerprint density at radius 3 is 1.94 bits per heavy atom. The normalized spacial score (nSPS) is 12.0. The maximum absolute atomic E-state index is 13.2. The lowest BCUT2D eigenvalue weighted by Gasteiger charge is -2.19. The van der Waals surface area contributed by atoms with Gasteiger partial charge in [0.25, 0.3) is 5.56 Å². The summed E-state index contributed by atoms with van der Waals surface area (Å²) in [6.45, 7) is 10.7. The van der Waals surface area contributed by atoms with Gasteiger partial charge in [0.05, 0.1) is 16.6 Å². The molecule has 0 radical (unpaired) electrons. The molecule has 0 N–H and O–H groups in total. The van der Waals surface area contributed by atoms with Crippen molar-refractivity contribution in [3.05, 3.63) is 86.2 Å². The second-order valence-electron chi connectivity index (χ2n) is 9.49. The van der Waals surface area contributed by atoms with E-state index in [1.54, 1.807) is 11.6 Å². The summed E-state index contributed by atoms with van der Waals surface area (Å²) in [4.78, 5) is 25.8. The van der Waals surface area contributed by atoms with Gasteiger partial charge in [0, 0.05) is 26.0 Å². The Balaban J connectivity index is 2.13. The van der Waals surface area contributed by atoms with Gasteiger partial charge in [-0.15, -0.1) is 0 Å². The molecule has 2 aromatic heterocycles. The van der Waals surface area contributed by atoms with Crippen LogP contribution in [-0.2, 0) is 19.5 Å². The Labute approximate surface area is 182 Å². The molecule has 0 saturated heterocycles. The highest BCUT2D eigenvalue weighted by molar-refractivity contribution is 5.94. The number of hydrogen-bond acceptors (Lipinski definition) is 2. The summed E-state index contributed by atoms with van der Waals surface area (Å²) in [5, 5.41) is 0.548. The lowest BCUT2D eigenvalue weighted by atomic mass is 9.86. The van der Waals surface area contributed by atoms with Crippen LogP contribution in [0.3, 0.4) is 0 Å². The summed E-state index contributed by atoms with van der Waals surface area (Å²) in [6, 6.07) is 14.7. The van der Waals surface area contributed by atoms with Gasteiger partial charge in [0.15, 0.2) is 0 Å². The zero-order chi connectivity index (χ0) is 22.7. The van der Waals surface area contributed by atoms with Crippen LogP contribution in [0.1, 0.15) is 37.5 Å². The van der Waals surface area contributed by atoms with Crippen LogP contribution >= 0.6 is 0 Å². The summed E-state index contributed by atoms with van der Waals surface area (Å²) in [7, 11) is 3.24. The van der Waals surface area contributed by atoms with Crippen LogP contribution in [0.25, 0.3) is 27.8 Å². The van der Waals surface area contributed by atoms with Gasteiger partial charge in [0.1, 0.15) is 0 Å². The van der Waals surface area contributed by atoms with Gasteiger partial charge in [0.2, 0.25) is 0 Å². The van der Waals surface area contributed by atoms with Crippen molar-refractivity contribution in [3.8, 4) is 16.9 Å². The summed E-state index contributed by atoms with van der Waals surface area (Å²) in [5.74, 6) is 0. The third-order valence-electron chi connectivity index (χ3n) is 5.95. The predicted octanol–water partition coefficient (Wildman–Crippen LogP) is 4.61. The molecule has 0 amide bonds. The van der Waals surface area contributed by atoms with Gasteiger partial charge in [-0.05, 0) is 53.6 Å². The number of nitrogens with zero attached hydrogens (tertiary/aromatic N) is 3. The van der Waals surface area contributed by atoms with E-state index in [1.807, 2.05) is 10.8 Å². The molecule has 0 bridgehead atoms. The third-order valence-corrected chi connectivity index (χ3v) is 5.95. The Morgan fingerprint density at radius 1 is 0.806 bits per heavy atom. The molecular formula is C26H29N3O2. The minimum absolute atomic E-state index is 0.0380. The maximum atomic E-state index is 13.2. The Kier molecular flexibility index (Phi) is 4.80. The molecule has 0 unspecified atom stereocenters. The molecule has 2 aromatic carbocycles. The van der Waals surface area contributed by atoms with Crippen LogP contribution in [0.4, 0.5) is 0 Å². The SMILES string of the molecule is Cc1cc(C)cc(-n2cc3c(c2-c2ccc(C(C)(C)C)cc2)c(=O)n(C)c(=O)n3C)c1. The fourth-order valence-corrected chi connectivity index (χ4v) is 4.25. The van der Waals surface area contributed by atoms with E-state index in [1.165, 1.54) is 17.2 Å². The molecule has 0 aliphatic heterocycles. The van der Waals surface area contributed by atoms with E-state index in [0.29, 0.717) is 10.9 Å². The summed E-state index contributed by atoms with van der Waals surface area (Å²) in [5.41, 5.74) is 6.28. The van der Waals surface area contributed by atoms with Crippen molar-refractivity contribution in [2.45, 2.75) is 40.0 Å². The quantitative estimate of drug-likeness (QED) is 0.480. The molecule has 0 atom stereocenters. The van der Waals surface area contributed by atoms with Crippen molar-refractivity contribution in [2.24, 2.45) is 14.1 Å². The van der Waals surface area contributed by atoms with Crippen molar-refractivity contribution in [1.29, 1.82) is 0 Å². The van der Waals surface area contributed by atoms with Crippen LogP contribution in [0, 0.1) is 13.8 Å². The monoisotopic (exact) mass is 415 g/mol. The molecule has 0 aliphatic carbocycles. The van der Waals surface area contributed by atoms with Crippen molar-refractivity contribution in [3.63, 3.8) is 0 Å². The smallest absolute Gasteiger partial charge is 0.314 e. The van der Waals surface area contributed by atoms with Crippen molar-refractivity contribution < 1.29 is 0 Å². The highest BCUT2D eigenvalue weighted by Crippen LogP contribution is 2.33. The average Bonchev–Trinajstić information content (AvgIpc) is 3.10. The van der Waals surface area contributed by atoms with Gasteiger partial charge in [-0.2, -0.15) is 0 Å². The van der Waals surface area contributed by atoms with Crippen molar-refractivity contribution >= 4 is 10.9 Å². The highest BCUT2D eigenvalue weighted by atomic mass is 16.2. The van der Waals surface area contributed by atoms with Gasteiger partial charge in [-0.1, -0.05) is 51.1 Å². The number of aromatic nitrogens is 3. The summed E-state index contributed by atoms with van der Waals surface area (Å²) >= 11 is 0. The Morgan fingerprint density at radius 2 is 1.39 bits per heavy atom. The van der Waals surface area contributed by atoms with E-state index >= 15 is 0 Å². The number of rotatable bonds is 2. The number of aryl methyl sites for hydroxylation is 3.